The van der Waals surface area contributed by atoms with E-state index in [2.05, 4.69) is 48.0 Å². The van der Waals surface area contributed by atoms with Crippen molar-refractivity contribution in [3.63, 3.8) is 0 Å². The molecule has 1 heterocycles. The Bertz CT molecular complexity index is 998. The molecule has 2 aromatic carbocycles. The zero-order valence-electron chi connectivity index (χ0n) is 17.5. The number of thiophene rings is 1. The fraction of sp³-hybridized carbons (Fsp3) is 0.250. The Morgan fingerprint density at radius 1 is 1.13 bits per heavy atom. The first-order chi connectivity index (χ1) is 14.5. The molecule has 0 saturated carbocycles. The summed E-state index contributed by atoms with van der Waals surface area (Å²) in [6.45, 7) is 4.30. The monoisotopic (exact) mass is 423 g/mol. The maximum atomic E-state index is 12.7. The van der Waals surface area contributed by atoms with E-state index in [0.717, 1.165) is 12.0 Å². The molecule has 0 radical (unpaired) electrons. The second-order valence-electron chi connectivity index (χ2n) is 7.10. The molecule has 3 aromatic rings. The molecule has 30 heavy (non-hydrogen) atoms. The van der Waals surface area contributed by atoms with Gasteiger partial charge in [-0.15, -0.1) is 11.3 Å². The minimum atomic E-state index is -0.426. The normalized spacial score (nSPS) is 11.7. The highest BCUT2D eigenvalue weighted by atomic mass is 32.1. The van der Waals surface area contributed by atoms with Gasteiger partial charge >= 0.3 is 5.97 Å². The Balaban J connectivity index is 1.71. The largest absolute Gasteiger partial charge is 0.465 e. The lowest BCUT2D eigenvalue weighted by Gasteiger charge is -2.16. The Morgan fingerprint density at radius 2 is 1.90 bits per heavy atom. The molecule has 1 amide bonds. The van der Waals surface area contributed by atoms with Gasteiger partial charge in [0.1, 0.15) is 6.04 Å². The first-order valence-electron chi connectivity index (χ1n) is 9.96. The van der Waals surface area contributed by atoms with Crippen LogP contribution in [0.4, 0.5) is 5.69 Å². The molecule has 1 aromatic heterocycles. The van der Waals surface area contributed by atoms with Crippen molar-refractivity contribution in [3.8, 4) is 0 Å². The van der Waals surface area contributed by atoms with Gasteiger partial charge in [0, 0.05) is 11.3 Å². The second kappa shape index (κ2) is 10.2. The van der Waals surface area contributed by atoms with Crippen molar-refractivity contribution in [3.05, 3.63) is 87.1 Å². The number of benzene rings is 2. The summed E-state index contributed by atoms with van der Waals surface area (Å²) in [6.07, 6.45) is 1.00. The van der Waals surface area contributed by atoms with Gasteiger partial charge in [-0.3, -0.25) is 4.79 Å². The van der Waals surface area contributed by atoms with Crippen molar-refractivity contribution in [1.29, 1.82) is 0 Å². The smallest absolute Gasteiger partial charge is 0.337 e. The number of nitrogens with one attached hydrogen (secondary N) is 1. The predicted molar refractivity (Wildman–Crippen MR) is 120 cm³/mol. The number of hydrogen-bond donors (Lipinski definition) is 2. The summed E-state index contributed by atoms with van der Waals surface area (Å²) in [5, 5.41) is 7.02. The van der Waals surface area contributed by atoms with E-state index in [-0.39, 0.29) is 18.5 Å². The molecule has 1 atom stereocenters. The first kappa shape index (κ1) is 21.7. The van der Waals surface area contributed by atoms with Gasteiger partial charge in [0.15, 0.2) is 6.54 Å². The van der Waals surface area contributed by atoms with Crippen LogP contribution in [0, 0.1) is 6.92 Å². The molecule has 0 unspecified atom stereocenters. The molecule has 0 aliphatic heterocycles. The first-order valence-corrected chi connectivity index (χ1v) is 10.8. The van der Waals surface area contributed by atoms with Crippen molar-refractivity contribution in [2.45, 2.75) is 26.3 Å². The van der Waals surface area contributed by atoms with Crippen molar-refractivity contribution < 1.29 is 19.6 Å². The molecular formula is C24H27N2O3S+. The molecule has 3 N–H and O–H groups in total. The zero-order valence-corrected chi connectivity index (χ0v) is 18.3. The zero-order chi connectivity index (χ0) is 21.5. The summed E-state index contributed by atoms with van der Waals surface area (Å²) in [6, 6.07) is 17.9. The third-order valence-electron chi connectivity index (χ3n) is 5.07. The number of methoxy groups -OCH3 is 1. The third kappa shape index (κ3) is 5.34. The number of anilines is 1. The SMILES string of the molecule is CCc1ccc([C@H]([NH2+]CC(=O)Nc2cc(C(=O)OC)ccc2C)c2cccs2)cc1. The number of esters is 1. The van der Waals surface area contributed by atoms with E-state index in [4.69, 9.17) is 4.74 Å². The standard InChI is InChI=1S/C24H26N2O3S/c1-4-17-8-11-18(12-9-17)23(21-6-5-13-30-21)25-15-22(27)26-20-14-19(24(28)29-3)10-7-16(20)2/h5-14,23,25H,4,15H2,1-3H3,(H,26,27)/p+1/t23-/m0/s1. The van der Waals surface area contributed by atoms with Crippen LogP contribution in [0.15, 0.2) is 60.0 Å². The third-order valence-corrected chi connectivity index (χ3v) is 6.02. The van der Waals surface area contributed by atoms with Gasteiger partial charge in [0.2, 0.25) is 0 Å². The number of nitrogens with two attached hydrogens (primary N) is 1. The van der Waals surface area contributed by atoms with Crippen LogP contribution in [-0.4, -0.2) is 25.5 Å². The number of quaternary nitrogens is 1. The maximum Gasteiger partial charge on any atom is 0.337 e. The van der Waals surface area contributed by atoms with Gasteiger partial charge in [-0.25, -0.2) is 4.79 Å². The highest BCUT2D eigenvalue weighted by Gasteiger charge is 2.20. The van der Waals surface area contributed by atoms with Gasteiger partial charge < -0.3 is 15.4 Å². The van der Waals surface area contributed by atoms with Crippen LogP contribution >= 0.6 is 11.3 Å². The van der Waals surface area contributed by atoms with Crippen molar-refractivity contribution >= 4 is 28.9 Å². The summed E-state index contributed by atoms with van der Waals surface area (Å²) in [5.41, 5.74) is 4.39. The van der Waals surface area contributed by atoms with E-state index >= 15 is 0 Å². The van der Waals surface area contributed by atoms with Crippen LogP contribution in [0.5, 0.6) is 0 Å². The molecule has 0 spiro atoms. The number of amides is 1. The summed E-state index contributed by atoms with van der Waals surface area (Å²) in [4.78, 5) is 25.6. The van der Waals surface area contributed by atoms with Crippen LogP contribution in [-0.2, 0) is 16.0 Å². The van der Waals surface area contributed by atoms with Gasteiger partial charge in [-0.05, 0) is 48.1 Å². The van der Waals surface area contributed by atoms with Crippen LogP contribution in [0.2, 0.25) is 0 Å². The molecule has 5 nitrogen and oxygen atoms in total. The van der Waals surface area contributed by atoms with E-state index in [0.29, 0.717) is 11.3 Å². The highest BCUT2D eigenvalue weighted by molar-refractivity contribution is 7.10. The predicted octanol–water partition coefficient (Wildman–Crippen LogP) is 3.70. The molecule has 0 bridgehead atoms. The van der Waals surface area contributed by atoms with E-state index in [1.54, 1.807) is 29.5 Å². The summed E-state index contributed by atoms with van der Waals surface area (Å²) >= 11 is 1.69. The minimum absolute atomic E-state index is 0.0594. The molecule has 0 fully saturated rings. The summed E-state index contributed by atoms with van der Waals surface area (Å²) < 4.78 is 4.77. The lowest BCUT2D eigenvalue weighted by molar-refractivity contribution is -0.675. The van der Waals surface area contributed by atoms with Gasteiger partial charge in [-0.1, -0.05) is 43.3 Å². The quantitative estimate of drug-likeness (QED) is 0.543. The van der Waals surface area contributed by atoms with Gasteiger partial charge in [0.05, 0.1) is 17.6 Å². The number of rotatable bonds is 8. The van der Waals surface area contributed by atoms with Crippen molar-refractivity contribution in [2.75, 3.05) is 19.0 Å². The molecule has 156 valence electrons. The highest BCUT2D eigenvalue weighted by Crippen LogP contribution is 2.23. The molecule has 0 saturated heterocycles. The summed E-state index contributed by atoms with van der Waals surface area (Å²) in [5.74, 6) is -0.544. The lowest BCUT2D eigenvalue weighted by atomic mass is 10.0. The average Bonchev–Trinajstić information content (AvgIpc) is 3.30. The Hall–Kier alpha value is -2.96. The number of hydrogen-bond acceptors (Lipinski definition) is 4. The fourth-order valence-corrected chi connectivity index (χ4v) is 4.12. The van der Waals surface area contributed by atoms with E-state index in [1.807, 2.05) is 18.3 Å². The number of ether oxygens (including phenoxy) is 1. The fourth-order valence-electron chi connectivity index (χ4n) is 3.27. The van der Waals surface area contributed by atoms with E-state index in [9.17, 15) is 9.59 Å². The van der Waals surface area contributed by atoms with E-state index in [1.165, 1.54) is 23.1 Å². The van der Waals surface area contributed by atoms with Crippen molar-refractivity contribution in [1.82, 2.24) is 0 Å². The second-order valence-corrected chi connectivity index (χ2v) is 8.08. The summed E-state index contributed by atoms with van der Waals surface area (Å²) in [7, 11) is 1.34. The molecule has 6 heteroatoms. The Labute approximate surface area is 181 Å². The lowest BCUT2D eigenvalue weighted by Crippen LogP contribution is -2.87. The minimum Gasteiger partial charge on any atom is -0.465 e. The van der Waals surface area contributed by atoms with Crippen LogP contribution in [0.3, 0.4) is 0 Å². The van der Waals surface area contributed by atoms with Crippen LogP contribution in [0.1, 0.15) is 44.9 Å². The molecule has 3 rings (SSSR count). The average molecular weight is 424 g/mol. The molecule has 0 aliphatic rings. The van der Waals surface area contributed by atoms with Crippen LogP contribution < -0.4 is 10.6 Å². The molecule has 0 aliphatic carbocycles. The molecular weight excluding hydrogens is 396 g/mol. The number of aryl methyl sites for hydroxylation is 2. The van der Waals surface area contributed by atoms with Gasteiger partial charge in [-0.2, -0.15) is 0 Å². The number of carbonyl (C=O) groups excluding carboxylic acids is 2. The van der Waals surface area contributed by atoms with Gasteiger partial charge in [0.25, 0.3) is 5.91 Å². The topological polar surface area (TPSA) is 72.0 Å². The van der Waals surface area contributed by atoms with Crippen LogP contribution in [0.25, 0.3) is 0 Å². The number of carbonyl (C=O) groups is 2. The van der Waals surface area contributed by atoms with E-state index < -0.39 is 5.97 Å². The Morgan fingerprint density at radius 3 is 2.53 bits per heavy atom. The Kier molecular flexibility index (Phi) is 7.38. The van der Waals surface area contributed by atoms with Crippen molar-refractivity contribution in [2.24, 2.45) is 0 Å². The maximum absolute atomic E-state index is 12.7.